The van der Waals surface area contributed by atoms with E-state index >= 15 is 0 Å². The van der Waals surface area contributed by atoms with Gasteiger partial charge in [-0.3, -0.25) is 4.99 Å². The van der Waals surface area contributed by atoms with Gasteiger partial charge in [-0.05, 0) is 11.5 Å². The van der Waals surface area contributed by atoms with Crippen LogP contribution >= 0.6 is 11.8 Å². The fourth-order valence-electron chi connectivity index (χ4n) is 0.569. The molecule has 1 rings (SSSR count). The second-order valence-electron chi connectivity index (χ2n) is 1.73. The Balaban J connectivity index is 2.72. The van der Waals surface area contributed by atoms with Crippen LogP contribution in [0.1, 0.15) is 0 Å². The van der Waals surface area contributed by atoms with Gasteiger partial charge in [0.05, 0.1) is 5.71 Å². The van der Waals surface area contributed by atoms with Crippen LogP contribution in [0.15, 0.2) is 33.0 Å². The van der Waals surface area contributed by atoms with Gasteiger partial charge in [-0.25, -0.2) is 4.99 Å². The lowest BCUT2D eigenvalue weighted by Gasteiger charge is -1.89. The first-order valence-electron chi connectivity index (χ1n) is 2.85. The molecule has 2 nitrogen and oxygen atoms in total. The van der Waals surface area contributed by atoms with E-state index in [9.17, 15) is 0 Å². The van der Waals surface area contributed by atoms with Crippen molar-refractivity contribution < 1.29 is 0 Å². The summed E-state index contributed by atoms with van der Waals surface area (Å²) in [6.07, 6.45) is 3.45. The predicted octanol–water partition coefficient (Wildman–Crippen LogP) is 1.86. The number of hydrogen-bond acceptors (Lipinski definition) is 2. The molecule has 1 heterocycles. The average Bonchev–Trinajstić information content (AvgIpc) is 2.31. The summed E-state index contributed by atoms with van der Waals surface area (Å²) in [5.74, 6) is 0. The van der Waals surface area contributed by atoms with Gasteiger partial charge in [0.2, 0.25) is 0 Å². The van der Waals surface area contributed by atoms with E-state index in [0.717, 1.165) is 10.6 Å². The number of hydrogen-bond donors (Lipinski definition) is 0. The van der Waals surface area contributed by atoms with Gasteiger partial charge >= 0.3 is 0 Å². The standard InChI is InChI=1S/C7H8N2S/c1-6-7(3-4-10-6)9-5-8-2/h3-5H,1H2,2H3. The molecule has 0 spiro atoms. The Kier molecular flexibility index (Phi) is 2.45. The lowest BCUT2D eigenvalue weighted by Crippen LogP contribution is -1.88. The van der Waals surface area contributed by atoms with Crippen LogP contribution < -0.4 is 0 Å². The predicted molar refractivity (Wildman–Crippen MR) is 47.7 cm³/mol. The van der Waals surface area contributed by atoms with Crippen molar-refractivity contribution in [2.24, 2.45) is 9.98 Å². The van der Waals surface area contributed by atoms with Gasteiger partial charge in [-0.15, -0.1) is 0 Å². The fourth-order valence-corrected chi connectivity index (χ4v) is 1.17. The molecule has 0 radical (unpaired) electrons. The molecular weight excluding hydrogens is 144 g/mol. The molecule has 0 amide bonds. The Morgan fingerprint density at radius 3 is 3.00 bits per heavy atom. The molecule has 0 N–H and O–H groups in total. The third-order valence-corrected chi connectivity index (χ3v) is 1.80. The molecule has 0 aromatic rings. The van der Waals surface area contributed by atoms with Crippen LogP contribution in [-0.4, -0.2) is 19.1 Å². The number of aliphatic imine (C=N–C) groups is 2. The molecule has 0 saturated carbocycles. The van der Waals surface area contributed by atoms with E-state index in [-0.39, 0.29) is 0 Å². The van der Waals surface area contributed by atoms with E-state index < -0.39 is 0 Å². The van der Waals surface area contributed by atoms with Gasteiger partial charge in [0, 0.05) is 12.0 Å². The summed E-state index contributed by atoms with van der Waals surface area (Å²) < 4.78 is 0. The minimum absolute atomic E-state index is 0.913. The molecule has 0 fully saturated rings. The first-order chi connectivity index (χ1) is 4.84. The van der Waals surface area contributed by atoms with Crippen molar-refractivity contribution in [1.82, 2.24) is 0 Å². The SMILES string of the molecule is C=C1SC=CC1=NC=NC. The molecule has 0 atom stereocenters. The topological polar surface area (TPSA) is 24.7 Å². The van der Waals surface area contributed by atoms with Crippen molar-refractivity contribution in [3.05, 3.63) is 23.0 Å². The van der Waals surface area contributed by atoms with Crippen LogP contribution in [0.4, 0.5) is 0 Å². The molecule has 0 aromatic carbocycles. The van der Waals surface area contributed by atoms with E-state index in [4.69, 9.17) is 0 Å². The van der Waals surface area contributed by atoms with Gasteiger partial charge in [0.25, 0.3) is 0 Å². The van der Waals surface area contributed by atoms with Crippen LogP contribution in [0.5, 0.6) is 0 Å². The summed E-state index contributed by atoms with van der Waals surface area (Å²) >= 11 is 1.59. The molecular formula is C7H8N2S. The lowest BCUT2D eigenvalue weighted by molar-refractivity contribution is 1.44. The lowest BCUT2D eigenvalue weighted by atomic mass is 10.4. The number of rotatable bonds is 1. The number of nitrogens with zero attached hydrogens (tertiary/aromatic N) is 2. The van der Waals surface area contributed by atoms with Crippen molar-refractivity contribution >= 4 is 23.8 Å². The molecule has 1 aliphatic rings. The Labute approximate surface area is 64.5 Å². The maximum absolute atomic E-state index is 4.04. The van der Waals surface area contributed by atoms with Crippen molar-refractivity contribution in [2.75, 3.05) is 7.05 Å². The van der Waals surface area contributed by atoms with Crippen molar-refractivity contribution in [3.8, 4) is 0 Å². The second kappa shape index (κ2) is 3.37. The van der Waals surface area contributed by atoms with E-state index in [0.29, 0.717) is 0 Å². The molecule has 52 valence electrons. The molecule has 3 heteroatoms. The van der Waals surface area contributed by atoms with Crippen LogP contribution in [0, 0.1) is 0 Å². The van der Waals surface area contributed by atoms with E-state index in [1.807, 2.05) is 11.5 Å². The first-order valence-corrected chi connectivity index (χ1v) is 3.73. The zero-order chi connectivity index (χ0) is 7.40. The van der Waals surface area contributed by atoms with Crippen molar-refractivity contribution in [3.63, 3.8) is 0 Å². The largest absolute Gasteiger partial charge is 0.277 e. The highest BCUT2D eigenvalue weighted by atomic mass is 32.2. The van der Waals surface area contributed by atoms with Gasteiger partial charge in [-0.2, -0.15) is 0 Å². The summed E-state index contributed by atoms with van der Waals surface area (Å²) in [7, 11) is 1.69. The first kappa shape index (κ1) is 7.28. The summed E-state index contributed by atoms with van der Waals surface area (Å²) in [5.41, 5.74) is 0.913. The summed E-state index contributed by atoms with van der Waals surface area (Å²) in [6, 6.07) is 0. The van der Waals surface area contributed by atoms with Gasteiger partial charge in [0.1, 0.15) is 6.34 Å². The Bertz CT molecular complexity index is 226. The molecule has 0 saturated heterocycles. The third kappa shape index (κ3) is 1.57. The highest BCUT2D eigenvalue weighted by Crippen LogP contribution is 2.23. The Morgan fingerprint density at radius 1 is 1.70 bits per heavy atom. The van der Waals surface area contributed by atoms with E-state index in [1.165, 1.54) is 6.34 Å². The van der Waals surface area contributed by atoms with Crippen LogP contribution in [0.3, 0.4) is 0 Å². The molecule has 1 aliphatic heterocycles. The molecule has 0 aliphatic carbocycles. The van der Waals surface area contributed by atoms with Gasteiger partial charge in [0.15, 0.2) is 0 Å². The van der Waals surface area contributed by atoms with Crippen LogP contribution in [-0.2, 0) is 0 Å². The van der Waals surface area contributed by atoms with Gasteiger partial charge in [-0.1, -0.05) is 18.3 Å². The summed E-state index contributed by atoms with van der Waals surface area (Å²) in [6.45, 7) is 3.80. The zero-order valence-electron chi connectivity index (χ0n) is 5.74. The average molecular weight is 152 g/mol. The highest BCUT2D eigenvalue weighted by molar-refractivity contribution is 8.07. The van der Waals surface area contributed by atoms with E-state index in [1.54, 1.807) is 18.8 Å². The third-order valence-electron chi connectivity index (χ3n) is 1.03. The normalized spacial score (nSPS) is 21.7. The second-order valence-corrected chi connectivity index (χ2v) is 2.73. The zero-order valence-corrected chi connectivity index (χ0v) is 6.56. The fraction of sp³-hybridized carbons (Fsp3) is 0.143. The highest BCUT2D eigenvalue weighted by Gasteiger charge is 2.04. The van der Waals surface area contributed by atoms with Gasteiger partial charge < -0.3 is 0 Å². The molecule has 0 bridgehead atoms. The quantitative estimate of drug-likeness (QED) is 0.416. The number of thioether (sulfide) groups is 1. The number of allylic oxidation sites excluding steroid dienone is 2. The van der Waals surface area contributed by atoms with Crippen LogP contribution in [0.25, 0.3) is 0 Å². The van der Waals surface area contributed by atoms with E-state index in [2.05, 4.69) is 16.6 Å². The Morgan fingerprint density at radius 2 is 2.50 bits per heavy atom. The molecule has 0 aromatic heterocycles. The Hall–Kier alpha value is -0.830. The minimum Gasteiger partial charge on any atom is -0.277 e. The minimum atomic E-state index is 0.913. The summed E-state index contributed by atoms with van der Waals surface area (Å²) in [4.78, 5) is 8.76. The van der Waals surface area contributed by atoms with Crippen molar-refractivity contribution in [2.45, 2.75) is 0 Å². The molecule has 10 heavy (non-hydrogen) atoms. The maximum Gasteiger partial charge on any atom is 0.110 e. The monoisotopic (exact) mass is 152 g/mol. The molecule has 0 unspecified atom stereocenters. The maximum atomic E-state index is 4.04. The van der Waals surface area contributed by atoms with Crippen LogP contribution in [0.2, 0.25) is 0 Å². The smallest absolute Gasteiger partial charge is 0.110 e. The summed E-state index contributed by atoms with van der Waals surface area (Å²) in [5, 5.41) is 1.96. The van der Waals surface area contributed by atoms with Crippen molar-refractivity contribution in [1.29, 1.82) is 0 Å².